The molecule has 0 unspecified atom stereocenters. The number of amides is 1. The molecular weight excluding hydrogens is 271 g/mol. The predicted octanol–water partition coefficient (Wildman–Crippen LogP) is 1.97. The Labute approximate surface area is 125 Å². The first kappa shape index (κ1) is 15.9. The van der Waals surface area contributed by atoms with Crippen molar-refractivity contribution >= 4 is 5.91 Å². The van der Waals surface area contributed by atoms with Crippen molar-refractivity contribution < 1.29 is 13.9 Å². The number of carbonyl (C=O) groups excluding carboxylic acids is 1. The smallest absolute Gasteiger partial charge is 0.254 e. The van der Waals surface area contributed by atoms with Crippen LogP contribution in [0.4, 0.5) is 4.39 Å². The first-order valence-electron chi connectivity index (χ1n) is 7.28. The molecule has 1 aromatic rings. The van der Waals surface area contributed by atoms with Gasteiger partial charge in [-0.05, 0) is 32.4 Å². The fraction of sp³-hybridized carbons (Fsp3) is 0.562. The van der Waals surface area contributed by atoms with Crippen molar-refractivity contribution in [2.75, 3.05) is 32.8 Å². The predicted molar refractivity (Wildman–Crippen MR) is 79.9 cm³/mol. The Kier molecular flexibility index (Phi) is 4.96. The monoisotopic (exact) mass is 294 g/mol. The van der Waals surface area contributed by atoms with E-state index in [9.17, 15) is 9.18 Å². The lowest BCUT2D eigenvalue weighted by Crippen LogP contribution is -2.55. The van der Waals surface area contributed by atoms with Crippen LogP contribution in [-0.4, -0.2) is 49.2 Å². The molecule has 21 heavy (non-hydrogen) atoms. The standard InChI is InChI=1S/C16H23FN2O2/c1-12-5-4-6-13(14(12)17)15(20)18-11-16(2,3)19-7-9-21-10-8-19/h4-6H,7-11H2,1-3H3,(H,18,20). The van der Waals surface area contributed by atoms with Crippen LogP contribution in [0.15, 0.2) is 18.2 Å². The van der Waals surface area contributed by atoms with Gasteiger partial charge in [0.05, 0.1) is 18.8 Å². The van der Waals surface area contributed by atoms with E-state index in [-0.39, 0.29) is 17.0 Å². The van der Waals surface area contributed by atoms with Crippen LogP contribution in [0.1, 0.15) is 29.8 Å². The Morgan fingerprint density at radius 2 is 2.05 bits per heavy atom. The van der Waals surface area contributed by atoms with Crippen molar-refractivity contribution in [3.05, 3.63) is 35.1 Å². The van der Waals surface area contributed by atoms with Crippen molar-refractivity contribution in [2.24, 2.45) is 0 Å². The lowest BCUT2D eigenvalue weighted by molar-refractivity contribution is -0.00924. The van der Waals surface area contributed by atoms with E-state index >= 15 is 0 Å². The molecule has 0 bridgehead atoms. The highest BCUT2D eigenvalue weighted by molar-refractivity contribution is 5.94. The molecule has 0 spiro atoms. The number of rotatable bonds is 4. The second-order valence-electron chi connectivity index (χ2n) is 6.03. The van der Waals surface area contributed by atoms with Crippen LogP contribution in [-0.2, 0) is 4.74 Å². The van der Waals surface area contributed by atoms with E-state index in [4.69, 9.17) is 4.74 Å². The van der Waals surface area contributed by atoms with Crippen LogP contribution in [0.5, 0.6) is 0 Å². The van der Waals surface area contributed by atoms with Gasteiger partial charge in [0.2, 0.25) is 0 Å². The van der Waals surface area contributed by atoms with Gasteiger partial charge in [-0.3, -0.25) is 9.69 Å². The second-order valence-corrected chi connectivity index (χ2v) is 6.03. The maximum atomic E-state index is 13.9. The van der Waals surface area contributed by atoms with Gasteiger partial charge in [-0.1, -0.05) is 12.1 Å². The van der Waals surface area contributed by atoms with Crippen LogP contribution in [0.25, 0.3) is 0 Å². The summed E-state index contributed by atoms with van der Waals surface area (Å²) >= 11 is 0. The Morgan fingerprint density at radius 3 is 2.71 bits per heavy atom. The number of ether oxygens (including phenoxy) is 1. The topological polar surface area (TPSA) is 41.6 Å². The number of carbonyl (C=O) groups is 1. The molecule has 1 saturated heterocycles. The number of hydrogen-bond donors (Lipinski definition) is 1. The van der Waals surface area contributed by atoms with Crippen LogP contribution < -0.4 is 5.32 Å². The molecule has 1 fully saturated rings. The van der Waals surface area contributed by atoms with Gasteiger partial charge in [0.15, 0.2) is 0 Å². The van der Waals surface area contributed by atoms with Gasteiger partial charge in [0.1, 0.15) is 5.82 Å². The highest BCUT2D eigenvalue weighted by atomic mass is 19.1. The van der Waals surface area contributed by atoms with Crippen molar-refractivity contribution in [1.29, 1.82) is 0 Å². The highest BCUT2D eigenvalue weighted by Gasteiger charge is 2.29. The van der Waals surface area contributed by atoms with E-state index in [2.05, 4.69) is 24.1 Å². The molecule has 0 radical (unpaired) electrons. The third kappa shape index (κ3) is 3.80. The first-order valence-corrected chi connectivity index (χ1v) is 7.28. The number of benzene rings is 1. The van der Waals surface area contributed by atoms with Gasteiger partial charge in [-0.2, -0.15) is 0 Å². The molecule has 1 aliphatic rings. The normalized spacial score (nSPS) is 16.8. The van der Waals surface area contributed by atoms with E-state index in [1.807, 2.05) is 0 Å². The van der Waals surface area contributed by atoms with Crippen molar-refractivity contribution in [1.82, 2.24) is 10.2 Å². The molecule has 5 heteroatoms. The highest BCUT2D eigenvalue weighted by Crippen LogP contribution is 2.16. The Hall–Kier alpha value is -1.46. The van der Waals surface area contributed by atoms with Gasteiger partial charge in [-0.15, -0.1) is 0 Å². The molecule has 0 aliphatic carbocycles. The number of halogens is 1. The summed E-state index contributed by atoms with van der Waals surface area (Å²) in [5, 5.41) is 2.84. The van der Waals surface area contributed by atoms with E-state index < -0.39 is 5.82 Å². The van der Waals surface area contributed by atoms with Gasteiger partial charge in [-0.25, -0.2) is 4.39 Å². The van der Waals surface area contributed by atoms with Gasteiger partial charge >= 0.3 is 0 Å². The summed E-state index contributed by atoms with van der Waals surface area (Å²) in [5.74, 6) is -0.809. The molecule has 1 aromatic carbocycles. The van der Waals surface area contributed by atoms with Crippen molar-refractivity contribution in [2.45, 2.75) is 26.3 Å². The van der Waals surface area contributed by atoms with E-state index in [0.29, 0.717) is 25.3 Å². The molecule has 4 nitrogen and oxygen atoms in total. The van der Waals surface area contributed by atoms with Crippen LogP contribution >= 0.6 is 0 Å². The third-order valence-corrected chi connectivity index (χ3v) is 3.99. The quantitative estimate of drug-likeness (QED) is 0.923. The summed E-state index contributed by atoms with van der Waals surface area (Å²) in [4.78, 5) is 14.4. The molecule has 1 heterocycles. The summed E-state index contributed by atoms with van der Waals surface area (Å²) in [6.45, 7) is 9.40. The van der Waals surface area contributed by atoms with Crippen LogP contribution in [0, 0.1) is 12.7 Å². The number of hydrogen-bond acceptors (Lipinski definition) is 3. The molecule has 116 valence electrons. The minimum atomic E-state index is -0.445. The Balaban J connectivity index is 1.98. The van der Waals surface area contributed by atoms with Crippen molar-refractivity contribution in [3.8, 4) is 0 Å². The Morgan fingerprint density at radius 1 is 1.38 bits per heavy atom. The summed E-state index contributed by atoms with van der Waals surface area (Å²) in [6.07, 6.45) is 0. The first-order chi connectivity index (χ1) is 9.92. The number of morpholine rings is 1. The molecule has 0 saturated carbocycles. The number of nitrogens with one attached hydrogen (secondary N) is 1. The fourth-order valence-corrected chi connectivity index (χ4v) is 2.50. The summed E-state index contributed by atoms with van der Waals surface area (Å²) in [6, 6.07) is 4.86. The zero-order chi connectivity index (χ0) is 15.5. The lowest BCUT2D eigenvalue weighted by atomic mass is 10.0. The molecule has 1 N–H and O–H groups in total. The van der Waals surface area contributed by atoms with Gasteiger partial charge in [0, 0.05) is 25.2 Å². The fourth-order valence-electron chi connectivity index (χ4n) is 2.50. The van der Waals surface area contributed by atoms with Gasteiger partial charge < -0.3 is 10.1 Å². The molecule has 1 amide bonds. The summed E-state index contributed by atoms with van der Waals surface area (Å²) in [5.41, 5.74) is 0.405. The minimum Gasteiger partial charge on any atom is -0.379 e. The number of nitrogens with zero attached hydrogens (tertiary/aromatic N) is 1. The largest absolute Gasteiger partial charge is 0.379 e. The summed E-state index contributed by atoms with van der Waals surface area (Å²) < 4.78 is 19.3. The zero-order valence-corrected chi connectivity index (χ0v) is 12.9. The average molecular weight is 294 g/mol. The summed E-state index contributed by atoms with van der Waals surface area (Å²) in [7, 11) is 0. The Bertz CT molecular complexity index is 511. The minimum absolute atomic E-state index is 0.104. The maximum absolute atomic E-state index is 13.9. The van der Waals surface area contributed by atoms with E-state index in [1.54, 1.807) is 19.1 Å². The molecule has 0 atom stereocenters. The van der Waals surface area contributed by atoms with Crippen molar-refractivity contribution in [3.63, 3.8) is 0 Å². The molecule has 0 aromatic heterocycles. The second kappa shape index (κ2) is 6.54. The van der Waals surface area contributed by atoms with Crippen LogP contribution in [0.2, 0.25) is 0 Å². The SMILES string of the molecule is Cc1cccc(C(=O)NCC(C)(C)N2CCOCC2)c1F. The van der Waals surface area contributed by atoms with E-state index in [1.165, 1.54) is 6.07 Å². The molecule has 2 rings (SSSR count). The number of aryl methyl sites for hydroxylation is 1. The molecule has 1 aliphatic heterocycles. The third-order valence-electron chi connectivity index (χ3n) is 3.99. The van der Waals surface area contributed by atoms with E-state index in [0.717, 1.165) is 13.1 Å². The maximum Gasteiger partial charge on any atom is 0.254 e. The lowest BCUT2D eigenvalue weighted by Gasteiger charge is -2.40. The average Bonchev–Trinajstić information content (AvgIpc) is 2.49. The zero-order valence-electron chi connectivity index (χ0n) is 12.9. The van der Waals surface area contributed by atoms with Gasteiger partial charge in [0.25, 0.3) is 5.91 Å². The molecular formula is C16H23FN2O2. The van der Waals surface area contributed by atoms with Crippen LogP contribution in [0.3, 0.4) is 0 Å².